The highest BCUT2D eigenvalue weighted by Gasteiger charge is 2.20. The van der Waals surface area contributed by atoms with E-state index in [1.807, 2.05) is 13.0 Å². The third-order valence-electron chi connectivity index (χ3n) is 2.73. The first-order chi connectivity index (χ1) is 9.31. The van der Waals surface area contributed by atoms with Crippen LogP contribution in [0.15, 0.2) is 18.3 Å². The molecule has 20 heavy (non-hydrogen) atoms. The molecular formula is C14H22ClN3O2. The van der Waals surface area contributed by atoms with Crippen molar-refractivity contribution in [2.24, 2.45) is 0 Å². The third-order valence-corrected chi connectivity index (χ3v) is 2.95. The molecule has 2 N–H and O–H groups in total. The number of carbonyl (C=O) groups excluding carboxylic acids is 1. The summed E-state index contributed by atoms with van der Waals surface area (Å²) in [6, 6.07) is 3.44. The van der Waals surface area contributed by atoms with Gasteiger partial charge in [0.1, 0.15) is 5.15 Å². The number of amides is 2. The van der Waals surface area contributed by atoms with Crippen LogP contribution in [0.25, 0.3) is 0 Å². The largest absolute Gasteiger partial charge is 0.389 e. The van der Waals surface area contributed by atoms with Crippen LogP contribution < -0.4 is 5.32 Å². The number of nitrogens with zero attached hydrogens (tertiary/aromatic N) is 2. The summed E-state index contributed by atoms with van der Waals surface area (Å²) < 4.78 is 0. The zero-order chi connectivity index (χ0) is 15.2. The molecule has 1 rings (SSSR count). The van der Waals surface area contributed by atoms with E-state index >= 15 is 0 Å². The van der Waals surface area contributed by atoms with Crippen LogP contribution in [0.4, 0.5) is 4.79 Å². The van der Waals surface area contributed by atoms with E-state index in [0.717, 1.165) is 5.56 Å². The van der Waals surface area contributed by atoms with E-state index in [1.54, 1.807) is 31.0 Å². The van der Waals surface area contributed by atoms with Gasteiger partial charge in [0.05, 0.1) is 12.1 Å². The van der Waals surface area contributed by atoms with Crippen LogP contribution in [0.2, 0.25) is 5.15 Å². The molecule has 1 aromatic heterocycles. The van der Waals surface area contributed by atoms with Crippen molar-refractivity contribution in [2.75, 3.05) is 19.6 Å². The van der Waals surface area contributed by atoms with E-state index < -0.39 is 5.60 Å². The third kappa shape index (κ3) is 6.21. The van der Waals surface area contributed by atoms with Crippen LogP contribution in [-0.2, 0) is 6.42 Å². The minimum Gasteiger partial charge on any atom is -0.389 e. The Hall–Kier alpha value is -1.33. The molecule has 112 valence electrons. The molecule has 2 amide bonds. The number of rotatable bonds is 6. The van der Waals surface area contributed by atoms with Crippen LogP contribution in [-0.4, -0.2) is 46.3 Å². The van der Waals surface area contributed by atoms with Gasteiger partial charge < -0.3 is 15.3 Å². The zero-order valence-corrected chi connectivity index (χ0v) is 12.9. The smallest absolute Gasteiger partial charge is 0.317 e. The fourth-order valence-electron chi connectivity index (χ4n) is 1.77. The Bertz CT molecular complexity index is 429. The summed E-state index contributed by atoms with van der Waals surface area (Å²) in [6.07, 6.45) is 2.39. The average Bonchev–Trinajstić information content (AvgIpc) is 2.37. The first-order valence-corrected chi connectivity index (χ1v) is 7.05. The lowest BCUT2D eigenvalue weighted by Crippen LogP contribution is -2.47. The summed E-state index contributed by atoms with van der Waals surface area (Å²) in [4.78, 5) is 17.5. The van der Waals surface area contributed by atoms with Crippen LogP contribution in [0.3, 0.4) is 0 Å². The molecule has 1 heterocycles. The van der Waals surface area contributed by atoms with E-state index in [1.165, 1.54) is 0 Å². The molecule has 0 saturated carbocycles. The number of hydrogen-bond donors (Lipinski definition) is 2. The molecule has 6 heteroatoms. The first-order valence-electron chi connectivity index (χ1n) is 6.67. The second-order valence-electron chi connectivity index (χ2n) is 5.30. The topological polar surface area (TPSA) is 65.5 Å². The normalized spacial score (nSPS) is 11.2. The zero-order valence-electron chi connectivity index (χ0n) is 12.2. The second kappa shape index (κ2) is 7.45. The molecule has 0 aliphatic rings. The van der Waals surface area contributed by atoms with E-state index in [9.17, 15) is 9.90 Å². The Morgan fingerprint density at radius 2 is 2.20 bits per heavy atom. The number of aromatic nitrogens is 1. The number of hydrogen-bond acceptors (Lipinski definition) is 3. The van der Waals surface area contributed by atoms with Gasteiger partial charge in [-0.2, -0.15) is 0 Å². The Morgan fingerprint density at radius 1 is 1.50 bits per heavy atom. The monoisotopic (exact) mass is 299 g/mol. The Balaban J connectivity index is 2.40. The molecular weight excluding hydrogens is 278 g/mol. The van der Waals surface area contributed by atoms with Gasteiger partial charge in [-0.05, 0) is 38.8 Å². The molecule has 0 unspecified atom stereocenters. The molecule has 0 aromatic carbocycles. The van der Waals surface area contributed by atoms with Crippen LogP contribution in [0, 0.1) is 0 Å². The van der Waals surface area contributed by atoms with Crippen molar-refractivity contribution in [3.8, 4) is 0 Å². The van der Waals surface area contributed by atoms with Crippen molar-refractivity contribution in [3.63, 3.8) is 0 Å². The van der Waals surface area contributed by atoms with E-state index in [4.69, 9.17) is 11.6 Å². The number of urea groups is 1. The number of halogens is 1. The summed E-state index contributed by atoms with van der Waals surface area (Å²) >= 11 is 5.71. The highest BCUT2D eigenvalue weighted by Crippen LogP contribution is 2.06. The van der Waals surface area contributed by atoms with Crippen molar-refractivity contribution >= 4 is 17.6 Å². The molecule has 0 radical (unpaired) electrons. The summed E-state index contributed by atoms with van der Waals surface area (Å²) in [5, 5.41) is 13.0. The minimum absolute atomic E-state index is 0.170. The second-order valence-corrected chi connectivity index (χ2v) is 5.68. The lowest BCUT2D eigenvalue weighted by atomic mass is 10.1. The molecule has 0 bridgehead atoms. The van der Waals surface area contributed by atoms with Gasteiger partial charge in [0.15, 0.2) is 0 Å². The van der Waals surface area contributed by atoms with Crippen molar-refractivity contribution in [1.82, 2.24) is 15.2 Å². The summed E-state index contributed by atoms with van der Waals surface area (Å²) in [7, 11) is 0. The molecule has 0 aliphatic carbocycles. The Kier molecular flexibility index (Phi) is 6.23. The number of nitrogens with one attached hydrogen (secondary N) is 1. The predicted molar refractivity (Wildman–Crippen MR) is 79.9 cm³/mol. The van der Waals surface area contributed by atoms with Crippen molar-refractivity contribution in [1.29, 1.82) is 0 Å². The number of aliphatic hydroxyl groups is 1. The Labute approximate surface area is 125 Å². The van der Waals surface area contributed by atoms with E-state index in [0.29, 0.717) is 31.2 Å². The number of likely N-dealkylation sites (N-methyl/N-ethyl adjacent to an activating group) is 1. The highest BCUT2D eigenvalue weighted by atomic mass is 35.5. The van der Waals surface area contributed by atoms with Crippen LogP contribution >= 0.6 is 11.6 Å². The standard InChI is InChI=1S/C14H22ClN3O2/c1-4-18(10-14(2,3)20)13(19)16-8-7-11-5-6-12(15)17-9-11/h5-6,9,20H,4,7-8,10H2,1-3H3,(H,16,19). The van der Waals surface area contributed by atoms with Gasteiger partial charge in [-0.1, -0.05) is 17.7 Å². The fourth-order valence-corrected chi connectivity index (χ4v) is 1.89. The molecule has 0 aliphatic heterocycles. The Morgan fingerprint density at radius 3 is 2.70 bits per heavy atom. The predicted octanol–water partition coefficient (Wildman–Crippen LogP) is 2.08. The molecule has 0 spiro atoms. The van der Waals surface area contributed by atoms with Crippen LogP contribution in [0.1, 0.15) is 26.3 Å². The molecule has 0 fully saturated rings. The highest BCUT2D eigenvalue weighted by molar-refractivity contribution is 6.29. The van der Waals surface area contributed by atoms with Gasteiger partial charge in [0.25, 0.3) is 0 Å². The fraction of sp³-hybridized carbons (Fsp3) is 0.571. The van der Waals surface area contributed by atoms with Gasteiger partial charge in [-0.3, -0.25) is 0 Å². The SMILES string of the molecule is CCN(CC(C)(C)O)C(=O)NCCc1ccc(Cl)nc1. The van der Waals surface area contributed by atoms with Crippen molar-refractivity contribution in [3.05, 3.63) is 29.0 Å². The minimum atomic E-state index is -0.895. The van der Waals surface area contributed by atoms with Crippen molar-refractivity contribution in [2.45, 2.75) is 32.8 Å². The maximum absolute atomic E-state index is 12.0. The molecule has 1 aromatic rings. The summed E-state index contributed by atoms with van der Waals surface area (Å²) in [6.45, 7) is 6.62. The lowest BCUT2D eigenvalue weighted by Gasteiger charge is -2.28. The molecule has 0 saturated heterocycles. The van der Waals surface area contributed by atoms with Crippen LogP contribution in [0.5, 0.6) is 0 Å². The number of pyridine rings is 1. The summed E-state index contributed by atoms with van der Waals surface area (Å²) in [5.74, 6) is 0. The van der Waals surface area contributed by atoms with Gasteiger partial charge in [-0.15, -0.1) is 0 Å². The van der Waals surface area contributed by atoms with Gasteiger partial charge >= 0.3 is 6.03 Å². The molecule has 5 nitrogen and oxygen atoms in total. The molecule has 0 atom stereocenters. The lowest BCUT2D eigenvalue weighted by molar-refractivity contribution is 0.0480. The van der Waals surface area contributed by atoms with Gasteiger partial charge in [-0.25, -0.2) is 9.78 Å². The first kappa shape index (κ1) is 16.7. The summed E-state index contributed by atoms with van der Waals surface area (Å²) in [5.41, 5.74) is 0.119. The maximum atomic E-state index is 12.0. The van der Waals surface area contributed by atoms with Crippen molar-refractivity contribution < 1.29 is 9.90 Å². The van der Waals surface area contributed by atoms with Gasteiger partial charge in [0, 0.05) is 19.3 Å². The van der Waals surface area contributed by atoms with E-state index in [2.05, 4.69) is 10.3 Å². The van der Waals surface area contributed by atoms with Gasteiger partial charge in [0.2, 0.25) is 0 Å². The maximum Gasteiger partial charge on any atom is 0.317 e. The van der Waals surface area contributed by atoms with E-state index in [-0.39, 0.29) is 6.03 Å². The number of carbonyl (C=O) groups is 1. The average molecular weight is 300 g/mol. The quantitative estimate of drug-likeness (QED) is 0.791.